The number of amides is 1. The Morgan fingerprint density at radius 1 is 1.21 bits per heavy atom. The van der Waals surface area contributed by atoms with E-state index in [1.807, 2.05) is 0 Å². The van der Waals surface area contributed by atoms with Crippen LogP contribution in [0.4, 0.5) is 0 Å². The second-order valence-corrected chi connectivity index (χ2v) is 5.26. The molecular weight excluding hydrogens is 289 g/mol. The Hall–Kier alpha value is -1.26. The van der Waals surface area contributed by atoms with E-state index in [4.69, 9.17) is 23.2 Å². The van der Waals surface area contributed by atoms with Gasteiger partial charge >= 0.3 is 5.97 Å². The Bertz CT molecular complexity index is 498. The zero-order chi connectivity index (χ0) is 14.0. The van der Waals surface area contributed by atoms with E-state index in [0.29, 0.717) is 13.0 Å². The highest BCUT2D eigenvalue weighted by Crippen LogP contribution is 2.28. The predicted octanol–water partition coefficient (Wildman–Crippen LogP) is 3.07. The number of halogens is 2. The zero-order valence-corrected chi connectivity index (χ0v) is 11.6. The van der Waals surface area contributed by atoms with Crippen LogP contribution >= 0.6 is 23.2 Å². The molecule has 2 rings (SSSR count). The lowest BCUT2D eigenvalue weighted by Crippen LogP contribution is -2.48. The molecule has 1 amide bonds. The summed E-state index contributed by atoms with van der Waals surface area (Å²) in [5.41, 5.74) is 0.180. The van der Waals surface area contributed by atoms with E-state index in [2.05, 4.69) is 0 Å². The summed E-state index contributed by atoms with van der Waals surface area (Å²) in [4.78, 5) is 25.0. The summed E-state index contributed by atoms with van der Waals surface area (Å²) in [5, 5.41) is 9.67. The van der Waals surface area contributed by atoms with Gasteiger partial charge in [0, 0.05) is 6.54 Å². The highest BCUT2D eigenvalue weighted by Gasteiger charge is 2.33. The highest BCUT2D eigenvalue weighted by molar-refractivity contribution is 6.39. The summed E-state index contributed by atoms with van der Waals surface area (Å²) < 4.78 is 0. The van der Waals surface area contributed by atoms with Gasteiger partial charge in [-0.15, -0.1) is 0 Å². The Balaban J connectivity index is 2.34. The summed E-state index contributed by atoms with van der Waals surface area (Å²) in [5.74, 6) is -1.40. The maximum Gasteiger partial charge on any atom is 0.326 e. The number of aliphatic carboxylic acids is 1. The first-order valence-electron chi connectivity index (χ1n) is 6.00. The average Bonchev–Trinajstić information content (AvgIpc) is 2.38. The van der Waals surface area contributed by atoms with E-state index in [-0.39, 0.29) is 15.6 Å². The first-order valence-corrected chi connectivity index (χ1v) is 6.75. The van der Waals surface area contributed by atoms with Crippen LogP contribution in [0.15, 0.2) is 18.2 Å². The van der Waals surface area contributed by atoms with Gasteiger partial charge in [0.2, 0.25) is 0 Å². The van der Waals surface area contributed by atoms with Crippen LogP contribution in [0.1, 0.15) is 29.6 Å². The molecule has 4 nitrogen and oxygen atoms in total. The van der Waals surface area contributed by atoms with Gasteiger partial charge in [0.25, 0.3) is 5.91 Å². The first-order chi connectivity index (χ1) is 9.02. The standard InChI is InChI=1S/C13H13Cl2NO3/c14-8-4-3-5-9(15)11(8)12(17)16-7-2-1-6-10(16)13(18)19/h3-5,10H,1-2,6-7H2,(H,18,19). The minimum absolute atomic E-state index is 0.180. The molecular formula is C13H13Cl2NO3. The van der Waals surface area contributed by atoms with Gasteiger partial charge in [0.15, 0.2) is 0 Å². The normalized spacial score (nSPS) is 19.3. The summed E-state index contributed by atoms with van der Waals surface area (Å²) in [6.45, 7) is 0.414. The van der Waals surface area contributed by atoms with Gasteiger partial charge in [-0.1, -0.05) is 29.3 Å². The van der Waals surface area contributed by atoms with Crippen molar-refractivity contribution in [2.45, 2.75) is 25.3 Å². The van der Waals surface area contributed by atoms with Crippen molar-refractivity contribution < 1.29 is 14.7 Å². The average molecular weight is 302 g/mol. The molecule has 19 heavy (non-hydrogen) atoms. The van der Waals surface area contributed by atoms with Gasteiger partial charge in [0.05, 0.1) is 15.6 Å². The number of carboxylic acid groups (broad SMARTS) is 1. The Morgan fingerprint density at radius 2 is 1.84 bits per heavy atom. The van der Waals surface area contributed by atoms with Gasteiger partial charge in [0.1, 0.15) is 6.04 Å². The molecule has 1 heterocycles. The predicted molar refractivity (Wildman–Crippen MR) is 72.8 cm³/mol. The molecule has 1 aliphatic heterocycles. The molecule has 0 aromatic heterocycles. The third-order valence-corrected chi connectivity index (χ3v) is 3.86. The molecule has 1 aromatic carbocycles. The maximum absolute atomic E-state index is 12.4. The van der Waals surface area contributed by atoms with Crippen LogP contribution in [0.3, 0.4) is 0 Å². The van der Waals surface area contributed by atoms with Crippen LogP contribution in [0.2, 0.25) is 10.0 Å². The topological polar surface area (TPSA) is 57.6 Å². The molecule has 0 aliphatic carbocycles. The molecule has 1 atom stereocenters. The van der Waals surface area contributed by atoms with Crippen LogP contribution < -0.4 is 0 Å². The third kappa shape index (κ3) is 2.85. The van der Waals surface area contributed by atoms with Crippen molar-refractivity contribution in [3.63, 3.8) is 0 Å². The van der Waals surface area contributed by atoms with E-state index in [1.54, 1.807) is 18.2 Å². The number of hydrogen-bond acceptors (Lipinski definition) is 2. The van der Waals surface area contributed by atoms with Crippen molar-refractivity contribution in [3.8, 4) is 0 Å². The third-order valence-electron chi connectivity index (χ3n) is 3.23. The molecule has 1 unspecified atom stereocenters. The molecule has 1 aromatic rings. The Kier molecular flexibility index (Phi) is 4.32. The monoisotopic (exact) mass is 301 g/mol. The number of piperidine rings is 1. The second-order valence-electron chi connectivity index (χ2n) is 4.45. The van der Waals surface area contributed by atoms with E-state index in [0.717, 1.165) is 12.8 Å². The lowest BCUT2D eigenvalue weighted by molar-refractivity contribution is -0.143. The molecule has 0 spiro atoms. The summed E-state index contributed by atoms with van der Waals surface area (Å²) in [6.07, 6.45) is 2.05. The van der Waals surface area contributed by atoms with Crippen molar-refractivity contribution in [1.29, 1.82) is 0 Å². The summed E-state index contributed by atoms with van der Waals surface area (Å²) in [6, 6.07) is 3.99. The number of likely N-dealkylation sites (tertiary alicyclic amines) is 1. The summed E-state index contributed by atoms with van der Waals surface area (Å²) in [7, 11) is 0. The Morgan fingerprint density at radius 3 is 2.42 bits per heavy atom. The van der Waals surface area contributed by atoms with Crippen molar-refractivity contribution >= 4 is 35.1 Å². The number of carbonyl (C=O) groups excluding carboxylic acids is 1. The van der Waals surface area contributed by atoms with E-state index in [1.165, 1.54) is 4.90 Å². The molecule has 1 N–H and O–H groups in total. The molecule has 1 fully saturated rings. The fraction of sp³-hybridized carbons (Fsp3) is 0.385. The van der Waals surface area contributed by atoms with Crippen LogP contribution in [0, 0.1) is 0 Å². The Labute approximate surface area is 120 Å². The van der Waals surface area contributed by atoms with Crippen LogP contribution in [0.5, 0.6) is 0 Å². The van der Waals surface area contributed by atoms with Crippen molar-refractivity contribution in [1.82, 2.24) is 4.90 Å². The minimum Gasteiger partial charge on any atom is -0.480 e. The van der Waals surface area contributed by atoms with Gasteiger partial charge in [-0.3, -0.25) is 4.79 Å². The molecule has 1 aliphatic rings. The lowest BCUT2D eigenvalue weighted by atomic mass is 10.0. The SMILES string of the molecule is O=C(O)C1CCCCN1C(=O)c1c(Cl)cccc1Cl. The number of nitrogens with zero attached hydrogens (tertiary/aromatic N) is 1. The molecule has 1 saturated heterocycles. The van der Waals surface area contributed by atoms with E-state index >= 15 is 0 Å². The number of hydrogen-bond donors (Lipinski definition) is 1. The maximum atomic E-state index is 12.4. The summed E-state index contributed by atoms with van der Waals surface area (Å²) >= 11 is 12.0. The van der Waals surface area contributed by atoms with E-state index in [9.17, 15) is 14.7 Å². The van der Waals surface area contributed by atoms with Crippen LogP contribution in [-0.2, 0) is 4.79 Å². The second kappa shape index (κ2) is 5.80. The number of carbonyl (C=O) groups is 2. The highest BCUT2D eigenvalue weighted by atomic mass is 35.5. The van der Waals surface area contributed by atoms with Gasteiger partial charge < -0.3 is 10.0 Å². The molecule has 6 heteroatoms. The van der Waals surface area contributed by atoms with Gasteiger partial charge in [-0.2, -0.15) is 0 Å². The van der Waals surface area contributed by atoms with Crippen LogP contribution in [0.25, 0.3) is 0 Å². The smallest absolute Gasteiger partial charge is 0.326 e. The molecule has 102 valence electrons. The molecule has 0 radical (unpaired) electrons. The number of carboxylic acids is 1. The van der Waals surface area contributed by atoms with Crippen molar-refractivity contribution in [3.05, 3.63) is 33.8 Å². The molecule has 0 bridgehead atoms. The molecule has 0 saturated carbocycles. The van der Waals surface area contributed by atoms with Crippen molar-refractivity contribution in [2.75, 3.05) is 6.54 Å². The zero-order valence-electron chi connectivity index (χ0n) is 10.1. The fourth-order valence-electron chi connectivity index (χ4n) is 2.28. The largest absolute Gasteiger partial charge is 0.480 e. The van der Waals surface area contributed by atoms with E-state index < -0.39 is 17.9 Å². The van der Waals surface area contributed by atoms with Crippen LogP contribution in [-0.4, -0.2) is 34.5 Å². The number of rotatable bonds is 2. The number of benzene rings is 1. The first kappa shape index (κ1) is 14.2. The van der Waals surface area contributed by atoms with Gasteiger partial charge in [-0.05, 0) is 31.4 Å². The fourth-order valence-corrected chi connectivity index (χ4v) is 2.84. The quantitative estimate of drug-likeness (QED) is 0.913. The lowest BCUT2D eigenvalue weighted by Gasteiger charge is -2.33. The minimum atomic E-state index is -0.990. The van der Waals surface area contributed by atoms with Gasteiger partial charge in [-0.25, -0.2) is 4.79 Å². The van der Waals surface area contributed by atoms with Crippen molar-refractivity contribution in [2.24, 2.45) is 0 Å².